The number of carboxylic acids is 1. The normalized spacial score (nSPS) is 24.5. The van der Waals surface area contributed by atoms with Crippen molar-refractivity contribution in [2.75, 3.05) is 0 Å². The van der Waals surface area contributed by atoms with E-state index in [1.54, 1.807) is 23.9 Å². The largest absolute Gasteiger partial charge is 0.478 e. The third-order valence-corrected chi connectivity index (χ3v) is 5.17. The molecule has 1 fully saturated rings. The van der Waals surface area contributed by atoms with E-state index in [1.807, 2.05) is 12.1 Å². The molecule has 0 radical (unpaired) electrons. The maximum Gasteiger partial charge on any atom is 0.336 e. The Bertz CT molecular complexity index is 408. The fraction of sp³-hybridized carbons (Fsp3) is 0.462. The number of thioether (sulfide) groups is 1. The second-order valence-corrected chi connectivity index (χ2v) is 6.10. The Hall–Kier alpha value is -0.670. The van der Waals surface area contributed by atoms with Gasteiger partial charge in [0.25, 0.3) is 0 Å². The lowest BCUT2D eigenvalue weighted by Crippen LogP contribution is -2.22. The van der Waals surface area contributed by atoms with Crippen molar-refractivity contribution in [3.8, 4) is 0 Å². The molecule has 2 nitrogen and oxygen atoms in total. The summed E-state index contributed by atoms with van der Waals surface area (Å²) in [5.74, 6) is -0.866. The van der Waals surface area contributed by atoms with E-state index in [2.05, 4.69) is 0 Å². The highest BCUT2D eigenvalue weighted by molar-refractivity contribution is 8.00. The van der Waals surface area contributed by atoms with Crippen LogP contribution < -0.4 is 0 Å². The Morgan fingerprint density at radius 3 is 2.71 bits per heavy atom. The number of alkyl halides is 1. The van der Waals surface area contributed by atoms with Gasteiger partial charge in [0.05, 0.1) is 5.56 Å². The SMILES string of the molecule is O=C(O)c1ccccc1S[C@H]1CCCC[C@H]1Cl. The molecule has 0 amide bonds. The van der Waals surface area contributed by atoms with Crippen LogP contribution in [0.1, 0.15) is 36.0 Å². The Morgan fingerprint density at radius 1 is 1.29 bits per heavy atom. The smallest absolute Gasteiger partial charge is 0.336 e. The second-order valence-electron chi connectivity index (χ2n) is 4.26. The van der Waals surface area contributed by atoms with Crippen LogP contribution in [0.15, 0.2) is 29.2 Å². The number of rotatable bonds is 3. The van der Waals surface area contributed by atoms with E-state index in [-0.39, 0.29) is 5.38 Å². The van der Waals surface area contributed by atoms with E-state index in [4.69, 9.17) is 16.7 Å². The van der Waals surface area contributed by atoms with Crippen LogP contribution in [-0.4, -0.2) is 21.7 Å². The number of benzene rings is 1. The Labute approximate surface area is 110 Å². The molecule has 2 atom stereocenters. The van der Waals surface area contributed by atoms with E-state index in [9.17, 15) is 4.79 Å². The quantitative estimate of drug-likeness (QED) is 0.843. The molecule has 0 heterocycles. The van der Waals surface area contributed by atoms with Crippen molar-refractivity contribution in [2.24, 2.45) is 0 Å². The summed E-state index contributed by atoms with van der Waals surface area (Å²) < 4.78 is 0. The van der Waals surface area contributed by atoms with Crippen LogP contribution in [0.25, 0.3) is 0 Å². The average Bonchev–Trinajstić information content (AvgIpc) is 2.32. The molecule has 0 spiro atoms. The lowest BCUT2D eigenvalue weighted by atomic mass is 10.00. The molecule has 1 N–H and O–H groups in total. The highest BCUT2D eigenvalue weighted by atomic mass is 35.5. The van der Waals surface area contributed by atoms with Crippen LogP contribution in [0.2, 0.25) is 0 Å². The fourth-order valence-corrected chi connectivity index (χ4v) is 3.86. The summed E-state index contributed by atoms with van der Waals surface area (Å²) in [6, 6.07) is 7.15. The van der Waals surface area contributed by atoms with Crippen molar-refractivity contribution in [1.29, 1.82) is 0 Å². The Morgan fingerprint density at radius 2 is 2.00 bits per heavy atom. The number of hydrogen-bond donors (Lipinski definition) is 1. The van der Waals surface area contributed by atoms with E-state index in [1.165, 1.54) is 12.8 Å². The molecule has 1 aromatic rings. The maximum absolute atomic E-state index is 11.1. The molecule has 92 valence electrons. The van der Waals surface area contributed by atoms with Crippen molar-refractivity contribution in [1.82, 2.24) is 0 Å². The van der Waals surface area contributed by atoms with Crippen LogP contribution in [0.4, 0.5) is 0 Å². The lowest BCUT2D eigenvalue weighted by Gasteiger charge is -2.26. The first-order chi connectivity index (χ1) is 8.18. The summed E-state index contributed by atoms with van der Waals surface area (Å²) in [5, 5.41) is 9.62. The minimum Gasteiger partial charge on any atom is -0.478 e. The monoisotopic (exact) mass is 270 g/mol. The Balaban J connectivity index is 2.14. The first-order valence-electron chi connectivity index (χ1n) is 5.81. The van der Waals surface area contributed by atoms with Crippen LogP contribution in [0.3, 0.4) is 0 Å². The van der Waals surface area contributed by atoms with Gasteiger partial charge in [-0.1, -0.05) is 25.0 Å². The third kappa shape index (κ3) is 3.17. The van der Waals surface area contributed by atoms with Gasteiger partial charge < -0.3 is 5.11 Å². The molecule has 1 aliphatic rings. The van der Waals surface area contributed by atoms with Crippen molar-refractivity contribution >= 4 is 29.3 Å². The number of halogens is 1. The van der Waals surface area contributed by atoms with Crippen LogP contribution in [0, 0.1) is 0 Å². The first kappa shape index (κ1) is 12.8. The number of hydrogen-bond acceptors (Lipinski definition) is 2. The molecule has 0 aromatic heterocycles. The predicted molar refractivity (Wildman–Crippen MR) is 71.2 cm³/mol. The van der Waals surface area contributed by atoms with Gasteiger partial charge in [0, 0.05) is 15.5 Å². The van der Waals surface area contributed by atoms with Crippen molar-refractivity contribution in [3.05, 3.63) is 29.8 Å². The van der Waals surface area contributed by atoms with Crippen LogP contribution in [0.5, 0.6) is 0 Å². The van der Waals surface area contributed by atoms with Crippen molar-refractivity contribution < 1.29 is 9.90 Å². The number of carboxylic acid groups (broad SMARTS) is 1. The minimum atomic E-state index is -0.866. The molecule has 1 saturated carbocycles. The summed E-state index contributed by atoms with van der Waals surface area (Å²) in [7, 11) is 0. The molecule has 4 heteroatoms. The highest BCUT2D eigenvalue weighted by Gasteiger charge is 2.25. The van der Waals surface area contributed by atoms with Crippen molar-refractivity contribution in [3.63, 3.8) is 0 Å². The van der Waals surface area contributed by atoms with Gasteiger partial charge in [-0.25, -0.2) is 4.79 Å². The molecule has 1 aromatic carbocycles. The molecule has 17 heavy (non-hydrogen) atoms. The molecular formula is C13H15ClO2S. The summed E-state index contributed by atoms with van der Waals surface area (Å²) >= 11 is 7.91. The third-order valence-electron chi connectivity index (χ3n) is 3.02. The van der Waals surface area contributed by atoms with E-state index < -0.39 is 5.97 Å². The Kier molecular flexibility index (Phi) is 4.35. The molecule has 0 unspecified atom stereocenters. The van der Waals surface area contributed by atoms with Gasteiger partial charge in [-0.05, 0) is 25.0 Å². The molecule has 0 bridgehead atoms. The van der Waals surface area contributed by atoms with E-state index in [0.29, 0.717) is 10.8 Å². The van der Waals surface area contributed by atoms with Gasteiger partial charge in [-0.15, -0.1) is 23.4 Å². The first-order valence-corrected chi connectivity index (χ1v) is 7.13. The minimum absolute atomic E-state index is 0.163. The lowest BCUT2D eigenvalue weighted by molar-refractivity contribution is 0.0693. The van der Waals surface area contributed by atoms with Gasteiger partial charge in [-0.3, -0.25) is 0 Å². The highest BCUT2D eigenvalue weighted by Crippen LogP contribution is 2.37. The summed E-state index contributed by atoms with van der Waals surface area (Å²) in [4.78, 5) is 11.9. The fourth-order valence-electron chi connectivity index (χ4n) is 2.09. The van der Waals surface area contributed by atoms with Gasteiger partial charge in [0.15, 0.2) is 0 Å². The summed E-state index contributed by atoms with van der Waals surface area (Å²) in [5.41, 5.74) is 0.381. The maximum atomic E-state index is 11.1. The summed E-state index contributed by atoms with van der Waals surface area (Å²) in [6.07, 6.45) is 4.49. The zero-order valence-corrected chi connectivity index (χ0v) is 11.0. The zero-order chi connectivity index (χ0) is 12.3. The van der Waals surface area contributed by atoms with Gasteiger partial charge in [0.2, 0.25) is 0 Å². The molecule has 1 aliphatic carbocycles. The van der Waals surface area contributed by atoms with Crippen molar-refractivity contribution in [2.45, 2.75) is 41.2 Å². The molecule has 0 aliphatic heterocycles. The average molecular weight is 271 g/mol. The van der Waals surface area contributed by atoms with Crippen LogP contribution in [-0.2, 0) is 0 Å². The standard InChI is InChI=1S/C13H15ClO2S/c14-10-6-2-4-8-12(10)17-11-7-3-1-5-9(11)13(15)16/h1,3,5,7,10,12H,2,4,6,8H2,(H,15,16)/t10-,12+/m1/s1. The van der Waals surface area contributed by atoms with E-state index in [0.717, 1.165) is 17.7 Å². The molecule has 2 rings (SSSR count). The topological polar surface area (TPSA) is 37.3 Å². The predicted octanol–water partition coefficient (Wildman–Crippen LogP) is 4.03. The van der Waals surface area contributed by atoms with Gasteiger partial charge >= 0.3 is 5.97 Å². The van der Waals surface area contributed by atoms with Gasteiger partial charge in [-0.2, -0.15) is 0 Å². The number of aromatic carboxylic acids is 1. The zero-order valence-electron chi connectivity index (χ0n) is 9.43. The summed E-state index contributed by atoms with van der Waals surface area (Å²) in [6.45, 7) is 0. The van der Waals surface area contributed by atoms with Gasteiger partial charge in [0.1, 0.15) is 0 Å². The number of carbonyl (C=O) groups is 1. The van der Waals surface area contributed by atoms with Crippen LogP contribution >= 0.6 is 23.4 Å². The van der Waals surface area contributed by atoms with E-state index >= 15 is 0 Å². The molecular weight excluding hydrogens is 256 g/mol. The second kappa shape index (κ2) is 5.78. The molecule has 0 saturated heterocycles.